The van der Waals surface area contributed by atoms with Crippen molar-refractivity contribution in [1.29, 1.82) is 0 Å². The molecule has 1 aromatic rings. The number of nitrogens with two attached hydrogens (primary N) is 4. The number of aliphatic imine (C=N–C) groups is 1. The lowest BCUT2D eigenvalue weighted by Crippen LogP contribution is -2.61. The topological polar surface area (TPSA) is 432 Å². The lowest BCUT2D eigenvalue weighted by atomic mass is 9.99. The molecule has 0 aliphatic carbocycles. The Morgan fingerprint density at radius 1 is 0.557 bits per heavy atom. The highest BCUT2D eigenvalue weighted by molar-refractivity contribution is 5.98. The average molecular weight is 991 g/mol. The Morgan fingerprint density at radius 2 is 1.03 bits per heavy atom. The van der Waals surface area contributed by atoms with Crippen molar-refractivity contribution in [2.75, 3.05) is 13.2 Å². The van der Waals surface area contributed by atoms with Crippen LogP contribution >= 0.6 is 0 Å². The number of amides is 8. The van der Waals surface area contributed by atoms with Gasteiger partial charge in [-0.2, -0.15) is 0 Å². The molecule has 0 radical (unpaired) electrons. The smallest absolute Gasteiger partial charge is 0.325 e. The molecule has 0 saturated heterocycles. The first kappa shape index (κ1) is 61.1. The number of hydrogen-bond donors (Lipinski definition) is 14. The molecule has 1 rings (SSSR count). The Hall–Kier alpha value is -6.89. The van der Waals surface area contributed by atoms with E-state index in [-0.39, 0.29) is 82.1 Å². The highest BCUT2D eigenvalue weighted by Gasteiger charge is 2.35. The standard InChI is InChI=1S/C45H74N12O13/c1-24(2)19-28(46)37(62)57-34(23-58)43(68)53-30(16-12-18-50-45(48)49)39(64)54-31(20-25(3)4)41(66)55-32(21-27-13-8-6-9-14-27)42(67)52-29(15-10-7-11-17-36(60)61)38(63)56-33(22-35(47)59)40(65)51-26(5)44(69)70/h6,8-9,13-14,24-26,28-34,58H,7,10-12,15-23,46H2,1-5H3,(H2,47,59)(H,51,65)(H,52,67)(H,53,68)(H,54,64)(H,55,66)(H,56,63)(H,57,62)(H,60,61)(H,69,70)(H4,48,49,50)/t26-,28-,29-,30-,31-,32-,33-,34-/m0/s1. The van der Waals surface area contributed by atoms with Crippen LogP contribution < -0.4 is 60.2 Å². The van der Waals surface area contributed by atoms with Gasteiger partial charge in [-0.15, -0.1) is 0 Å². The Balaban J connectivity index is 3.60. The van der Waals surface area contributed by atoms with Gasteiger partial charge in [0.1, 0.15) is 42.3 Å². The fraction of sp³-hybridized carbons (Fsp3) is 0.622. The van der Waals surface area contributed by atoms with Crippen molar-refractivity contribution in [2.24, 2.45) is 39.8 Å². The molecule has 0 heterocycles. The molecule has 25 nitrogen and oxygen atoms in total. The number of carbonyl (C=O) groups is 10. The molecule has 0 aliphatic rings. The molecule has 70 heavy (non-hydrogen) atoms. The predicted molar refractivity (Wildman–Crippen MR) is 255 cm³/mol. The number of hydrogen-bond acceptors (Lipinski definition) is 13. The number of nitrogens with zero attached hydrogens (tertiary/aromatic N) is 1. The number of aliphatic hydroxyl groups is 1. The van der Waals surface area contributed by atoms with Gasteiger partial charge >= 0.3 is 11.9 Å². The summed E-state index contributed by atoms with van der Waals surface area (Å²) in [6, 6.07) is -2.75. The first-order valence-corrected chi connectivity index (χ1v) is 23.2. The number of aliphatic carboxylic acids is 2. The third-order valence-corrected chi connectivity index (χ3v) is 10.5. The zero-order valence-electron chi connectivity index (χ0n) is 40.5. The van der Waals surface area contributed by atoms with Crippen LogP contribution in [0, 0.1) is 11.8 Å². The van der Waals surface area contributed by atoms with Gasteiger partial charge in [-0.05, 0) is 62.8 Å². The summed E-state index contributed by atoms with van der Waals surface area (Å²) in [6.45, 7) is 7.57. The molecule has 0 bridgehead atoms. The molecule has 392 valence electrons. The Morgan fingerprint density at radius 3 is 1.54 bits per heavy atom. The normalized spacial score (nSPS) is 14.5. The molecule has 0 unspecified atom stereocenters. The summed E-state index contributed by atoms with van der Waals surface area (Å²) in [7, 11) is 0. The first-order chi connectivity index (χ1) is 32.8. The van der Waals surface area contributed by atoms with E-state index in [1.165, 1.54) is 0 Å². The summed E-state index contributed by atoms with van der Waals surface area (Å²) in [6.07, 6.45) is -0.107. The fourth-order valence-electron chi connectivity index (χ4n) is 6.84. The molecule has 0 spiro atoms. The Labute approximate surface area is 407 Å². The Kier molecular flexibility index (Phi) is 28.0. The zero-order valence-corrected chi connectivity index (χ0v) is 40.5. The van der Waals surface area contributed by atoms with Gasteiger partial charge < -0.3 is 75.5 Å². The van der Waals surface area contributed by atoms with Crippen LogP contribution in [0.4, 0.5) is 0 Å². The predicted octanol–water partition coefficient (Wildman–Crippen LogP) is -2.90. The maximum absolute atomic E-state index is 14.3. The summed E-state index contributed by atoms with van der Waals surface area (Å²) in [4.78, 5) is 134. The summed E-state index contributed by atoms with van der Waals surface area (Å²) in [5.41, 5.74) is 22.8. The minimum Gasteiger partial charge on any atom is -0.481 e. The Bertz CT molecular complexity index is 1950. The molecule has 0 aliphatic heterocycles. The maximum Gasteiger partial charge on any atom is 0.325 e. The van der Waals surface area contributed by atoms with E-state index in [0.717, 1.165) is 6.92 Å². The van der Waals surface area contributed by atoms with Crippen molar-refractivity contribution in [2.45, 2.75) is 154 Å². The van der Waals surface area contributed by atoms with Crippen LogP contribution in [0.5, 0.6) is 0 Å². The summed E-state index contributed by atoms with van der Waals surface area (Å²) < 4.78 is 0. The van der Waals surface area contributed by atoms with Crippen LogP contribution in [0.3, 0.4) is 0 Å². The maximum atomic E-state index is 14.3. The molecule has 18 N–H and O–H groups in total. The monoisotopic (exact) mass is 991 g/mol. The van der Waals surface area contributed by atoms with Gasteiger partial charge in [0, 0.05) is 19.4 Å². The number of primary amides is 1. The molecular weight excluding hydrogens is 917 g/mol. The SMILES string of the molecule is CC(C)C[C@H](NC(=O)[C@H](CCCN=C(N)N)NC(=O)[C@H](CO)NC(=O)[C@@H](N)CC(C)C)C(=O)N[C@@H](Cc1ccccc1)C(=O)N[C@@H](CCCCCC(=O)O)C(=O)N[C@@H](CC(N)=O)C(=O)N[C@@H](C)C(=O)O. The van der Waals surface area contributed by atoms with E-state index in [1.807, 2.05) is 13.8 Å². The number of nitrogens with one attached hydrogen (secondary N) is 7. The van der Waals surface area contributed by atoms with Crippen molar-refractivity contribution in [3.05, 3.63) is 35.9 Å². The van der Waals surface area contributed by atoms with Crippen LogP contribution in [0.1, 0.15) is 104 Å². The molecule has 0 aromatic heterocycles. The van der Waals surface area contributed by atoms with Crippen LogP contribution in [0.25, 0.3) is 0 Å². The second-order valence-corrected chi connectivity index (χ2v) is 17.8. The van der Waals surface area contributed by atoms with Gasteiger partial charge in [0.05, 0.1) is 19.1 Å². The van der Waals surface area contributed by atoms with Gasteiger partial charge in [-0.25, -0.2) is 0 Å². The molecule has 1 aromatic carbocycles. The number of unbranched alkanes of at least 4 members (excludes halogenated alkanes) is 2. The number of carbonyl (C=O) groups excluding carboxylic acids is 8. The van der Waals surface area contributed by atoms with Crippen molar-refractivity contribution in [3.63, 3.8) is 0 Å². The van der Waals surface area contributed by atoms with E-state index in [9.17, 15) is 58.2 Å². The van der Waals surface area contributed by atoms with E-state index in [4.69, 9.17) is 28.0 Å². The molecule has 0 fully saturated rings. The van der Waals surface area contributed by atoms with Crippen LogP contribution in [-0.2, 0) is 54.4 Å². The van der Waals surface area contributed by atoms with Crippen molar-refractivity contribution in [3.8, 4) is 0 Å². The largest absolute Gasteiger partial charge is 0.481 e. The molecule has 8 amide bonds. The van der Waals surface area contributed by atoms with Gasteiger partial charge in [0.2, 0.25) is 47.3 Å². The fourth-order valence-corrected chi connectivity index (χ4v) is 6.84. The zero-order chi connectivity index (χ0) is 53.1. The second-order valence-electron chi connectivity index (χ2n) is 17.8. The minimum atomic E-state index is -1.67. The van der Waals surface area contributed by atoms with E-state index in [0.29, 0.717) is 12.0 Å². The van der Waals surface area contributed by atoms with Crippen LogP contribution in [0.2, 0.25) is 0 Å². The highest BCUT2D eigenvalue weighted by Crippen LogP contribution is 2.13. The number of rotatable bonds is 34. The van der Waals surface area contributed by atoms with Gasteiger partial charge in [0.15, 0.2) is 5.96 Å². The van der Waals surface area contributed by atoms with Gasteiger partial charge in [0.25, 0.3) is 0 Å². The van der Waals surface area contributed by atoms with E-state index >= 15 is 0 Å². The number of carboxylic acids is 2. The highest BCUT2D eigenvalue weighted by atomic mass is 16.4. The van der Waals surface area contributed by atoms with Crippen LogP contribution in [-0.4, -0.2) is 142 Å². The van der Waals surface area contributed by atoms with Gasteiger partial charge in [-0.3, -0.25) is 52.9 Å². The number of carboxylic acid groups (broad SMARTS) is 2. The summed E-state index contributed by atoms with van der Waals surface area (Å²) in [5, 5.41) is 45.8. The van der Waals surface area contributed by atoms with Crippen molar-refractivity contribution < 1.29 is 63.3 Å². The average Bonchev–Trinajstić information content (AvgIpc) is 3.27. The number of aliphatic hydroxyl groups excluding tert-OH is 1. The van der Waals surface area contributed by atoms with Gasteiger partial charge in [-0.1, -0.05) is 70.9 Å². The second kappa shape index (κ2) is 32.0. The molecule has 8 atom stereocenters. The third kappa shape index (κ3) is 24.9. The number of guanidine groups is 1. The quantitative estimate of drug-likeness (QED) is 0.0187. The third-order valence-electron chi connectivity index (χ3n) is 10.5. The van der Waals surface area contributed by atoms with E-state index < -0.39 is 121 Å². The van der Waals surface area contributed by atoms with Crippen molar-refractivity contribution in [1.82, 2.24) is 37.2 Å². The number of benzene rings is 1. The minimum absolute atomic E-state index is 0.0141. The lowest BCUT2D eigenvalue weighted by molar-refractivity contribution is -0.142. The first-order valence-electron chi connectivity index (χ1n) is 23.2. The summed E-state index contributed by atoms with van der Waals surface area (Å²) >= 11 is 0. The van der Waals surface area contributed by atoms with Crippen LogP contribution in [0.15, 0.2) is 35.3 Å². The molecular formula is C45H74N12O13. The van der Waals surface area contributed by atoms with E-state index in [1.54, 1.807) is 44.2 Å². The summed E-state index contributed by atoms with van der Waals surface area (Å²) in [5.74, 6) is -10.2. The molecule has 25 heteroatoms. The lowest BCUT2D eigenvalue weighted by Gasteiger charge is -2.28. The molecule has 0 saturated carbocycles. The van der Waals surface area contributed by atoms with Crippen molar-refractivity contribution >= 4 is 65.2 Å². The van der Waals surface area contributed by atoms with E-state index in [2.05, 4.69) is 42.2 Å².